The van der Waals surface area contributed by atoms with Crippen LogP contribution < -0.4 is 10.6 Å². The lowest BCUT2D eigenvalue weighted by molar-refractivity contribution is -0.139. The summed E-state index contributed by atoms with van der Waals surface area (Å²) in [7, 11) is 0. The van der Waals surface area contributed by atoms with Crippen molar-refractivity contribution in [2.45, 2.75) is 89.0 Å². The number of phenolic OH excluding ortho intramolecular Hbond substituents is 1. The number of hydrogen-bond donors (Lipinski definition) is 5. The third-order valence-electron chi connectivity index (χ3n) is 8.69. The van der Waals surface area contributed by atoms with E-state index in [4.69, 9.17) is 4.74 Å². The van der Waals surface area contributed by atoms with E-state index >= 15 is 0 Å². The average Bonchev–Trinajstić information content (AvgIpc) is 3.45. The normalized spacial score (nSPS) is 18.7. The van der Waals surface area contributed by atoms with Gasteiger partial charge in [0.25, 0.3) is 0 Å². The fourth-order valence-electron chi connectivity index (χ4n) is 6.47. The van der Waals surface area contributed by atoms with Crippen molar-refractivity contribution >= 4 is 28.8 Å². The van der Waals surface area contributed by atoms with Crippen LogP contribution in [0.1, 0.15) is 76.7 Å². The number of alkyl carbamates (subject to hydrolysis) is 1. The van der Waals surface area contributed by atoms with Crippen LogP contribution in [0.15, 0.2) is 48.7 Å². The highest BCUT2D eigenvalue weighted by molar-refractivity contribution is 5.94. The molecular formula is C33H42N4O6. The molecule has 1 aliphatic heterocycles. The zero-order valence-corrected chi connectivity index (χ0v) is 25.5. The van der Waals surface area contributed by atoms with Crippen LogP contribution in [0.4, 0.5) is 4.79 Å². The molecule has 5 rings (SSSR count). The molecule has 1 aliphatic carbocycles. The molecule has 43 heavy (non-hydrogen) atoms. The van der Waals surface area contributed by atoms with Gasteiger partial charge in [0, 0.05) is 47.6 Å². The first-order chi connectivity index (χ1) is 20.2. The predicted octanol–water partition coefficient (Wildman–Crippen LogP) is 4.20. The number of aromatic hydroxyl groups is 1. The molecule has 3 amide bonds. The van der Waals surface area contributed by atoms with Gasteiger partial charge < -0.3 is 35.5 Å². The molecule has 2 aromatic carbocycles. The Labute approximate surface area is 251 Å². The zero-order chi connectivity index (χ0) is 31.2. The Kier molecular flexibility index (Phi) is 7.94. The SMILES string of the molecule is CC(C)(C)OC(=O)NC(C)(C)C(=O)N[C@@H](Cc1c[nH]c2ccccc12)C(=O)N1CCC2(CC1)C[C@@H](O)c1c(O)cccc12. The lowest BCUT2D eigenvalue weighted by Crippen LogP contribution is -2.60. The molecule has 10 nitrogen and oxygen atoms in total. The Morgan fingerprint density at radius 2 is 1.77 bits per heavy atom. The Morgan fingerprint density at radius 1 is 1.07 bits per heavy atom. The van der Waals surface area contributed by atoms with Crippen LogP contribution in [0.3, 0.4) is 0 Å². The minimum absolute atomic E-state index is 0.101. The van der Waals surface area contributed by atoms with E-state index < -0.39 is 35.3 Å². The highest BCUT2D eigenvalue weighted by atomic mass is 16.6. The molecule has 2 atom stereocenters. The summed E-state index contributed by atoms with van der Waals surface area (Å²) in [6.45, 7) is 9.26. The van der Waals surface area contributed by atoms with Gasteiger partial charge in [-0.15, -0.1) is 0 Å². The quantitative estimate of drug-likeness (QED) is 0.291. The van der Waals surface area contributed by atoms with Gasteiger partial charge in [-0.1, -0.05) is 30.3 Å². The monoisotopic (exact) mass is 590 g/mol. The van der Waals surface area contributed by atoms with Crippen LogP contribution in [0.2, 0.25) is 0 Å². The molecule has 3 aromatic rings. The highest BCUT2D eigenvalue weighted by Crippen LogP contribution is 2.53. The van der Waals surface area contributed by atoms with E-state index in [1.807, 2.05) is 36.5 Å². The molecule has 5 N–H and O–H groups in total. The predicted molar refractivity (Wildman–Crippen MR) is 163 cm³/mol. The summed E-state index contributed by atoms with van der Waals surface area (Å²) in [6.07, 6.45) is 2.41. The van der Waals surface area contributed by atoms with E-state index in [1.54, 1.807) is 51.7 Å². The van der Waals surface area contributed by atoms with Gasteiger partial charge in [-0.2, -0.15) is 0 Å². The van der Waals surface area contributed by atoms with Gasteiger partial charge in [-0.05, 0) is 77.1 Å². The molecular weight excluding hydrogens is 548 g/mol. The fraction of sp³-hybridized carbons (Fsp3) is 0.485. The molecule has 0 bridgehead atoms. The maximum atomic E-state index is 14.1. The van der Waals surface area contributed by atoms with Gasteiger partial charge in [0.05, 0.1) is 6.10 Å². The van der Waals surface area contributed by atoms with Crippen molar-refractivity contribution in [3.63, 3.8) is 0 Å². The van der Waals surface area contributed by atoms with Crippen molar-refractivity contribution in [1.29, 1.82) is 0 Å². The summed E-state index contributed by atoms with van der Waals surface area (Å²) in [5.41, 5.74) is 0.965. The first-order valence-electron chi connectivity index (χ1n) is 14.9. The van der Waals surface area contributed by atoms with E-state index in [0.29, 0.717) is 37.9 Å². The molecule has 0 unspecified atom stereocenters. The Morgan fingerprint density at radius 3 is 2.47 bits per heavy atom. The van der Waals surface area contributed by atoms with Gasteiger partial charge in [0.15, 0.2) is 0 Å². The number of aliphatic hydroxyl groups excluding tert-OH is 1. The Bertz CT molecular complexity index is 1530. The molecule has 1 fully saturated rings. The van der Waals surface area contributed by atoms with Crippen LogP contribution in [0.5, 0.6) is 5.75 Å². The van der Waals surface area contributed by atoms with E-state index in [1.165, 1.54) is 0 Å². The molecule has 0 saturated carbocycles. The van der Waals surface area contributed by atoms with Gasteiger partial charge >= 0.3 is 6.09 Å². The minimum Gasteiger partial charge on any atom is -0.508 e. The second-order valence-corrected chi connectivity index (χ2v) is 13.4. The van der Waals surface area contributed by atoms with E-state index in [2.05, 4.69) is 15.6 Å². The molecule has 2 heterocycles. The lowest BCUT2D eigenvalue weighted by atomic mass is 9.73. The number of carbonyl (C=O) groups excluding carboxylic acids is 3. The maximum Gasteiger partial charge on any atom is 0.408 e. The maximum absolute atomic E-state index is 14.1. The number of aliphatic hydroxyl groups is 1. The van der Waals surface area contributed by atoms with Gasteiger partial charge in [-0.25, -0.2) is 4.79 Å². The first-order valence-corrected chi connectivity index (χ1v) is 14.9. The number of phenols is 1. The van der Waals surface area contributed by atoms with Crippen molar-refractivity contribution in [2.75, 3.05) is 13.1 Å². The van der Waals surface area contributed by atoms with Crippen molar-refractivity contribution < 1.29 is 29.3 Å². The minimum atomic E-state index is -1.35. The topological polar surface area (TPSA) is 144 Å². The zero-order valence-electron chi connectivity index (χ0n) is 25.5. The van der Waals surface area contributed by atoms with Gasteiger partial charge in [-0.3, -0.25) is 9.59 Å². The van der Waals surface area contributed by atoms with Crippen molar-refractivity contribution in [2.24, 2.45) is 0 Å². The molecule has 1 saturated heterocycles. The number of amides is 3. The van der Waals surface area contributed by atoms with Crippen molar-refractivity contribution in [3.05, 3.63) is 65.4 Å². The lowest BCUT2D eigenvalue weighted by Gasteiger charge is -2.41. The number of carbonyl (C=O) groups is 3. The van der Waals surface area contributed by atoms with Crippen molar-refractivity contribution in [3.8, 4) is 5.75 Å². The molecule has 230 valence electrons. The number of rotatable bonds is 6. The van der Waals surface area contributed by atoms with Crippen LogP contribution >= 0.6 is 0 Å². The number of likely N-dealkylation sites (tertiary alicyclic amines) is 1. The van der Waals surface area contributed by atoms with Crippen LogP contribution in [0.25, 0.3) is 10.9 Å². The van der Waals surface area contributed by atoms with Crippen LogP contribution in [0, 0.1) is 0 Å². The molecule has 1 spiro atoms. The molecule has 0 radical (unpaired) electrons. The number of nitrogens with zero attached hydrogens (tertiary/aromatic N) is 1. The molecule has 1 aromatic heterocycles. The van der Waals surface area contributed by atoms with Gasteiger partial charge in [0.1, 0.15) is 22.9 Å². The third-order valence-corrected chi connectivity index (χ3v) is 8.69. The van der Waals surface area contributed by atoms with Crippen LogP contribution in [-0.2, 0) is 26.2 Å². The van der Waals surface area contributed by atoms with E-state index in [-0.39, 0.29) is 23.5 Å². The third kappa shape index (κ3) is 6.20. The highest BCUT2D eigenvalue weighted by Gasteiger charge is 2.47. The largest absolute Gasteiger partial charge is 0.508 e. The summed E-state index contributed by atoms with van der Waals surface area (Å²) in [5.74, 6) is -0.617. The number of ether oxygens (including phenoxy) is 1. The van der Waals surface area contributed by atoms with E-state index in [0.717, 1.165) is 22.0 Å². The second kappa shape index (κ2) is 11.2. The number of nitrogens with one attached hydrogen (secondary N) is 3. The Balaban J connectivity index is 1.35. The first kappa shape index (κ1) is 30.4. The summed E-state index contributed by atoms with van der Waals surface area (Å²) in [6, 6.07) is 12.3. The number of benzene rings is 2. The number of piperidine rings is 1. The van der Waals surface area contributed by atoms with Crippen LogP contribution in [-0.4, -0.2) is 68.3 Å². The summed E-state index contributed by atoms with van der Waals surface area (Å²) in [4.78, 5) is 45.1. The average molecular weight is 591 g/mol. The summed E-state index contributed by atoms with van der Waals surface area (Å²) < 4.78 is 5.35. The standard InChI is InChI=1S/C33H42N4O6/c1-31(2,3)43-30(42)36-32(4,5)29(41)35-24(17-20-19-34-23-11-7-6-9-21(20)23)28(40)37-15-13-33(14-16-37)18-26(39)27-22(33)10-8-12-25(27)38/h6-12,19,24,26,34,38-39H,13-18H2,1-5H3,(H,35,41)(H,36,42)/t24-,26+/m0/s1. The van der Waals surface area contributed by atoms with Crippen molar-refractivity contribution in [1.82, 2.24) is 20.5 Å². The number of hydrogen-bond acceptors (Lipinski definition) is 6. The van der Waals surface area contributed by atoms with E-state index in [9.17, 15) is 24.6 Å². The second-order valence-electron chi connectivity index (χ2n) is 13.4. The fourth-order valence-corrected chi connectivity index (χ4v) is 6.47. The molecule has 2 aliphatic rings. The number of H-pyrrole nitrogens is 1. The number of para-hydroxylation sites is 1. The number of aromatic nitrogens is 1. The number of fused-ring (bicyclic) bond motifs is 3. The Hall–Kier alpha value is -4.05. The van der Waals surface area contributed by atoms with Gasteiger partial charge in [0.2, 0.25) is 11.8 Å². The smallest absolute Gasteiger partial charge is 0.408 e. The number of aromatic amines is 1. The summed E-state index contributed by atoms with van der Waals surface area (Å²) >= 11 is 0. The summed E-state index contributed by atoms with van der Waals surface area (Å²) in [5, 5.41) is 27.7. The molecule has 10 heteroatoms.